The Hall–Kier alpha value is -4.82. The first kappa shape index (κ1) is 38.0. The molecule has 0 aromatic heterocycles. The summed E-state index contributed by atoms with van der Waals surface area (Å²) in [6, 6.07) is 25.9. The van der Waals surface area contributed by atoms with E-state index in [-0.39, 0.29) is 32.3 Å². The van der Waals surface area contributed by atoms with Crippen LogP contribution in [0.4, 0.5) is 0 Å². The lowest BCUT2D eigenvalue weighted by Gasteiger charge is -2.35. The summed E-state index contributed by atoms with van der Waals surface area (Å²) in [7, 11) is 2.80. The van der Waals surface area contributed by atoms with Crippen LogP contribution in [-0.4, -0.2) is 106 Å². The van der Waals surface area contributed by atoms with Crippen molar-refractivity contribution in [2.75, 3.05) is 53.8 Å². The second-order valence-electron chi connectivity index (χ2n) is 11.5. The molecule has 0 bridgehead atoms. The largest absolute Gasteiger partial charge is 0.480 e. The number of esters is 2. The van der Waals surface area contributed by atoms with Gasteiger partial charge >= 0.3 is 23.7 Å². The van der Waals surface area contributed by atoms with Crippen LogP contribution >= 0.6 is 0 Å². The van der Waals surface area contributed by atoms with Gasteiger partial charge in [0.1, 0.15) is 31.3 Å². The third-order valence-electron chi connectivity index (χ3n) is 8.14. The molecule has 0 aliphatic carbocycles. The van der Waals surface area contributed by atoms with E-state index in [1.54, 1.807) is 6.92 Å². The molecule has 3 aromatic rings. The Balaban J connectivity index is 1.60. The van der Waals surface area contributed by atoms with Gasteiger partial charge in [-0.1, -0.05) is 60.7 Å². The number of benzene rings is 3. The molecule has 1 aliphatic rings. The molecule has 268 valence electrons. The number of aryl methyl sites for hydroxylation is 1. The molecule has 13 nitrogen and oxygen atoms in total. The molecule has 1 aliphatic heterocycles. The Morgan fingerprint density at radius 1 is 0.820 bits per heavy atom. The fourth-order valence-electron chi connectivity index (χ4n) is 5.54. The quantitative estimate of drug-likeness (QED) is 0.110. The van der Waals surface area contributed by atoms with Gasteiger partial charge < -0.3 is 43.2 Å². The molecular formula is C37H43NO12. The van der Waals surface area contributed by atoms with Crippen molar-refractivity contribution in [3.8, 4) is 11.5 Å². The van der Waals surface area contributed by atoms with Crippen LogP contribution < -0.4 is 4.74 Å². The highest BCUT2D eigenvalue weighted by Gasteiger charge is 2.60. The van der Waals surface area contributed by atoms with Crippen molar-refractivity contribution in [3.63, 3.8) is 0 Å². The summed E-state index contributed by atoms with van der Waals surface area (Å²) in [5.74, 6) is -6.29. The van der Waals surface area contributed by atoms with Gasteiger partial charge in [-0.2, -0.15) is 0 Å². The molecule has 1 heterocycles. The van der Waals surface area contributed by atoms with Gasteiger partial charge in [0.25, 0.3) is 5.91 Å². The van der Waals surface area contributed by atoms with E-state index in [1.165, 1.54) is 19.1 Å². The summed E-state index contributed by atoms with van der Waals surface area (Å²) in [4.78, 5) is 53.7. The van der Waals surface area contributed by atoms with Crippen LogP contribution in [0, 0.1) is 0 Å². The predicted molar refractivity (Wildman–Crippen MR) is 178 cm³/mol. The number of para-hydroxylation sites is 1. The number of carbonyl (C=O) groups excluding carboxylic acids is 3. The number of amides is 1. The van der Waals surface area contributed by atoms with Gasteiger partial charge in [-0.05, 0) is 55.2 Å². The SMILES string of the molecule is COCCOC(=O)C1(C(=O)OCCOC)OCC(C(=O)N(CC(=O)O)C(C)C(CCc2ccccc2)c2ccc(Oc3ccccc3)cc2)O1. The number of carbonyl (C=O) groups is 4. The van der Waals surface area contributed by atoms with Crippen LogP contribution in [0.15, 0.2) is 84.9 Å². The first-order chi connectivity index (χ1) is 24.2. The van der Waals surface area contributed by atoms with E-state index in [4.69, 9.17) is 33.2 Å². The number of carboxylic acid groups (broad SMARTS) is 1. The van der Waals surface area contributed by atoms with Crippen LogP contribution in [0.1, 0.15) is 30.4 Å². The molecule has 1 fully saturated rings. The average Bonchev–Trinajstić information content (AvgIpc) is 3.59. The Morgan fingerprint density at radius 2 is 1.38 bits per heavy atom. The fraction of sp³-hybridized carbons (Fsp3) is 0.405. The van der Waals surface area contributed by atoms with Gasteiger partial charge in [-0.3, -0.25) is 9.59 Å². The Morgan fingerprint density at radius 3 is 1.94 bits per heavy atom. The Bertz CT molecular complexity index is 1510. The number of hydrogen-bond acceptors (Lipinski definition) is 11. The molecule has 1 amide bonds. The maximum Gasteiger partial charge on any atom is 0.379 e. The monoisotopic (exact) mass is 693 g/mol. The molecule has 0 saturated carbocycles. The molecule has 3 unspecified atom stereocenters. The second-order valence-corrected chi connectivity index (χ2v) is 11.5. The Kier molecular flexibility index (Phi) is 14.3. The molecular weight excluding hydrogens is 650 g/mol. The minimum Gasteiger partial charge on any atom is -0.480 e. The molecule has 1 N–H and O–H groups in total. The first-order valence-corrected chi connectivity index (χ1v) is 16.2. The molecule has 1 saturated heterocycles. The normalized spacial score (nSPS) is 16.2. The lowest BCUT2D eigenvalue weighted by Crippen LogP contribution is -2.53. The molecule has 13 heteroatoms. The predicted octanol–water partition coefficient (Wildman–Crippen LogP) is 3.99. The van der Waals surface area contributed by atoms with Crippen LogP contribution in [0.2, 0.25) is 0 Å². The number of ether oxygens (including phenoxy) is 7. The van der Waals surface area contributed by atoms with Crippen LogP contribution in [-0.2, 0) is 54.0 Å². The summed E-state index contributed by atoms with van der Waals surface area (Å²) in [5.41, 5.74) is 1.92. The number of carboxylic acids is 1. The van der Waals surface area contributed by atoms with E-state index in [1.807, 2.05) is 84.9 Å². The van der Waals surface area contributed by atoms with Gasteiger partial charge in [0, 0.05) is 26.2 Å². The van der Waals surface area contributed by atoms with E-state index in [0.717, 1.165) is 11.1 Å². The van der Waals surface area contributed by atoms with Crippen molar-refractivity contribution in [3.05, 3.63) is 96.1 Å². The molecule has 4 rings (SSSR count). The van der Waals surface area contributed by atoms with Gasteiger partial charge in [-0.15, -0.1) is 0 Å². The smallest absolute Gasteiger partial charge is 0.379 e. The molecule has 0 radical (unpaired) electrons. The number of methoxy groups -OCH3 is 2. The van der Waals surface area contributed by atoms with Crippen LogP contribution in [0.5, 0.6) is 11.5 Å². The van der Waals surface area contributed by atoms with Crippen molar-refractivity contribution in [1.29, 1.82) is 0 Å². The summed E-state index contributed by atoms with van der Waals surface area (Å²) >= 11 is 0. The van der Waals surface area contributed by atoms with Gasteiger partial charge in [0.2, 0.25) is 0 Å². The highest BCUT2D eigenvalue weighted by atomic mass is 16.8. The number of rotatable bonds is 19. The van der Waals surface area contributed by atoms with Crippen molar-refractivity contribution in [2.45, 2.75) is 43.6 Å². The van der Waals surface area contributed by atoms with E-state index in [2.05, 4.69) is 0 Å². The van der Waals surface area contributed by atoms with E-state index in [0.29, 0.717) is 24.3 Å². The first-order valence-electron chi connectivity index (χ1n) is 16.2. The maximum atomic E-state index is 14.1. The minimum absolute atomic E-state index is 0.0243. The lowest BCUT2D eigenvalue weighted by molar-refractivity contribution is -0.226. The second kappa shape index (κ2) is 18.8. The van der Waals surface area contributed by atoms with Crippen molar-refractivity contribution < 1.29 is 57.4 Å². The zero-order valence-corrected chi connectivity index (χ0v) is 28.4. The molecule has 50 heavy (non-hydrogen) atoms. The van der Waals surface area contributed by atoms with Crippen molar-refractivity contribution in [1.82, 2.24) is 4.90 Å². The molecule has 0 spiro atoms. The highest BCUT2D eigenvalue weighted by Crippen LogP contribution is 2.34. The number of hydrogen-bond donors (Lipinski definition) is 1. The topological polar surface area (TPSA) is 156 Å². The third-order valence-corrected chi connectivity index (χ3v) is 8.14. The zero-order valence-electron chi connectivity index (χ0n) is 28.4. The molecule has 3 atom stereocenters. The minimum atomic E-state index is -2.71. The van der Waals surface area contributed by atoms with Gasteiger partial charge in [0.05, 0.1) is 19.8 Å². The van der Waals surface area contributed by atoms with E-state index in [9.17, 15) is 24.3 Å². The summed E-state index contributed by atoms with van der Waals surface area (Å²) in [6.07, 6.45) is -0.338. The van der Waals surface area contributed by atoms with Crippen LogP contribution in [0.3, 0.4) is 0 Å². The fourth-order valence-corrected chi connectivity index (χ4v) is 5.54. The lowest BCUT2D eigenvalue weighted by atomic mass is 9.85. The van der Waals surface area contributed by atoms with Gasteiger partial charge in [-0.25, -0.2) is 9.59 Å². The maximum absolute atomic E-state index is 14.1. The molecule has 3 aromatic carbocycles. The van der Waals surface area contributed by atoms with Crippen molar-refractivity contribution >= 4 is 23.8 Å². The van der Waals surface area contributed by atoms with E-state index < -0.39 is 54.9 Å². The zero-order chi connectivity index (χ0) is 35.9. The third kappa shape index (κ3) is 10.1. The van der Waals surface area contributed by atoms with Crippen molar-refractivity contribution in [2.24, 2.45) is 0 Å². The van der Waals surface area contributed by atoms with Gasteiger partial charge in [0.15, 0.2) is 6.10 Å². The summed E-state index contributed by atoms with van der Waals surface area (Å²) in [6.45, 7) is 0.128. The number of nitrogens with zero attached hydrogens (tertiary/aromatic N) is 1. The Labute approximate surface area is 290 Å². The van der Waals surface area contributed by atoms with Crippen LogP contribution in [0.25, 0.3) is 0 Å². The number of aliphatic carboxylic acids is 1. The van der Waals surface area contributed by atoms with E-state index >= 15 is 0 Å². The average molecular weight is 694 g/mol. The summed E-state index contributed by atoms with van der Waals surface area (Å²) < 4.78 is 37.3. The highest BCUT2D eigenvalue weighted by molar-refractivity contribution is 6.03. The standard InChI is InChI=1S/C37H43NO12/c1-26(31(19-14-27-10-6-4-7-11-27)28-15-17-30(18-16-28)49-29-12-8-5-9-13-29)38(24-33(39)40)34(41)32-25-48-37(50-32,35(42)46-22-20-44-2)36(43)47-23-21-45-3/h4-13,15-18,26,31-32H,14,19-25H2,1-3H3,(H,39,40). The summed E-state index contributed by atoms with van der Waals surface area (Å²) in [5, 5.41) is 9.93.